The summed E-state index contributed by atoms with van der Waals surface area (Å²) in [5.74, 6) is 0. The fraction of sp³-hybridized carbons (Fsp3) is 1.00. The molecule has 0 aromatic carbocycles. The fourth-order valence-corrected chi connectivity index (χ4v) is 1.03. The summed E-state index contributed by atoms with van der Waals surface area (Å²) in [5.41, 5.74) is 0. The van der Waals surface area contributed by atoms with Crippen molar-refractivity contribution in [1.29, 1.82) is 0 Å². The van der Waals surface area contributed by atoms with E-state index in [1.165, 1.54) is 0 Å². The van der Waals surface area contributed by atoms with Gasteiger partial charge in [-0.2, -0.15) is 0 Å². The van der Waals surface area contributed by atoms with E-state index in [0.717, 1.165) is 32.3 Å². The summed E-state index contributed by atoms with van der Waals surface area (Å²) in [6.45, 7) is 2.89. The van der Waals surface area contributed by atoms with Gasteiger partial charge in [0, 0.05) is 6.61 Å². The van der Waals surface area contributed by atoms with E-state index < -0.39 is 6.08 Å². The van der Waals surface area contributed by atoms with Crippen molar-refractivity contribution in [3.63, 3.8) is 0 Å². The zero-order valence-electron chi connectivity index (χ0n) is 6.44. The highest BCUT2D eigenvalue weighted by molar-refractivity contribution is 4.62. The molecule has 1 heteroatoms. The molecule has 1 rings (SSSR count). The van der Waals surface area contributed by atoms with Gasteiger partial charge in [0.2, 0.25) is 0 Å². The largest absolute Gasteiger partial charge is 0.378 e. The third-order valence-electron chi connectivity index (χ3n) is 1.43. The van der Waals surface area contributed by atoms with Gasteiger partial charge in [0.05, 0.1) is 7.45 Å². The van der Waals surface area contributed by atoms with Crippen molar-refractivity contribution in [2.24, 2.45) is 0 Å². The summed E-state index contributed by atoms with van der Waals surface area (Å²) in [6, 6.07) is 0. The van der Waals surface area contributed by atoms with Crippen LogP contribution in [0.25, 0.3) is 0 Å². The van der Waals surface area contributed by atoms with E-state index in [1.807, 2.05) is 0 Å². The Morgan fingerprint density at radius 3 is 3.25 bits per heavy atom. The van der Waals surface area contributed by atoms with Gasteiger partial charge in [0.15, 0.2) is 0 Å². The molecule has 0 amide bonds. The molecule has 0 aromatic heterocycles. The van der Waals surface area contributed by atoms with E-state index in [-0.39, 0.29) is 0 Å². The first-order valence-corrected chi connectivity index (χ1v) is 3.41. The quantitative estimate of drug-likeness (QED) is 0.534. The number of hydrogen-bond donors (Lipinski definition) is 0. The van der Waals surface area contributed by atoms with Gasteiger partial charge in [-0.1, -0.05) is 13.3 Å². The third-order valence-corrected chi connectivity index (χ3v) is 1.43. The Labute approximate surface area is 52.4 Å². The van der Waals surface area contributed by atoms with Gasteiger partial charge >= 0.3 is 0 Å². The SMILES string of the molecule is [2H]C1(CCC)CCCO1. The predicted molar refractivity (Wildman–Crippen MR) is 33.9 cm³/mol. The maximum Gasteiger partial charge on any atom is 0.0603 e. The van der Waals surface area contributed by atoms with Crippen LogP contribution >= 0.6 is 0 Å². The number of rotatable bonds is 2. The highest BCUT2D eigenvalue weighted by Crippen LogP contribution is 2.15. The van der Waals surface area contributed by atoms with E-state index in [4.69, 9.17) is 6.11 Å². The van der Waals surface area contributed by atoms with Crippen molar-refractivity contribution >= 4 is 0 Å². The van der Waals surface area contributed by atoms with Crippen LogP contribution in [0.15, 0.2) is 0 Å². The minimum Gasteiger partial charge on any atom is -0.378 e. The normalized spacial score (nSPS) is 39.9. The van der Waals surface area contributed by atoms with Crippen molar-refractivity contribution in [1.82, 2.24) is 0 Å². The lowest BCUT2D eigenvalue weighted by Crippen LogP contribution is -2.02. The molecular formula is C7H14O. The van der Waals surface area contributed by atoms with Gasteiger partial charge in [-0.15, -0.1) is 0 Å². The van der Waals surface area contributed by atoms with Crippen LogP contribution in [0.4, 0.5) is 0 Å². The molecule has 1 atom stereocenters. The monoisotopic (exact) mass is 115 g/mol. The van der Waals surface area contributed by atoms with Crippen LogP contribution < -0.4 is 0 Å². The van der Waals surface area contributed by atoms with Crippen LogP contribution in [0.3, 0.4) is 0 Å². The molecule has 0 bridgehead atoms. The predicted octanol–water partition coefficient (Wildman–Crippen LogP) is 1.97. The van der Waals surface area contributed by atoms with Crippen LogP contribution in [0, 0.1) is 0 Å². The summed E-state index contributed by atoms with van der Waals surface area (Å²) in [6.07, 6.45) is 3.45. The van der Waals surface area contributed by atoms with Crippen LogP contribution in [-0.2, 0) is 4.74 Å². The van der Waals surface area contributed by atoms with E-state index in [2.05, 4.69) is 6.92 Å². The fourth-order valence-electron chi connectivity index (χ4n) is 1.03. The topological polar surface area (TPSA) is 9.23 Å². The molecule has 48 valence electrons. The minimum atomic E-state index is -0.505. The Morgan fingerprint density at radius 1 is 1.88 bits per heavy atom. The van der Waals surface area contributed by atoms with Crippen molar-refractivity contribution in [2.45, 2.75) is 38.7 Å². The van der Waals surface area contributed by atoms with E-state index in [1.54, 1.807) is 0 Å². The van der Waals surface area contributed by atoms with Crippen LogP contribution in [0.1, 0.15) is 34.0 Å². The van der Waals surface area contributed by atoms with E-state index in [9.17, 15) is 0 Å². The molecule has 1 heterocycles. The Hall–Kier alpha value is -0.0400. The minimum absolute atomic E-state index is 0.505. The lowest BCUT2D eigenvalue weighted by Gasteiger charge is -2.04. The molecule has 1 unspecified atom stereocenters. The molecule has 1 saturated heterocycles. The second-order valence-electron chi connectivity index (χ2n) is 2.24. The van der Waals surface area contributed by atoms with E-state index in [0.29, 0.717) is 0 Å². The van der Waals surface area contributed by atoms with Gasteiger partial charge in [0.1, 0.15) is 0 Å². The summed E-state index contributed by atoms with van der Waals surface area (Å²) in [4.78, 5) is 0. The summed E-state index contributed by atoms with van der Waals surface area (Å²) >= 11 is 0. The maximum absolute atomic E-state index is 7.66. The molecule has 8 heavy (non-hydrogen) atoms. The molecule has 0 aromatic rings. The average molecular weight is 115 g/mol. The lowest BCUT2D eigenvalue weighted by atomic mass is 10.1. The smallest absolute Gasteiger partial charge is 0.0603 e. The van der Waals surface area contributed by atoms with Crippen molar-refractivity contribution in [3.8, 4) is 0 Å². The second kappa shape index (κ2) is 3.08. The van der Waals surface area contributed by atoms with E-state index >= 15 is 0 Å². The zero-order valence-corrected chi connectivity index (χ0v) is 5.44. The zero-order chi connectivity index (χ0) is 6.74. The molecular weight excluding hydrogens is 100 g/mol. The van der Waals surface area contributed by atoms with Crippen LogP contribution in [-0.4, -0.2) is 12.7 Å². The first kappa shape index (κ1) is 4.80. The molecule has 0 saturated carbocycles. The third kappa shape index (κ3) is 1.48. The van der Waals surface area contributed by atoms with Crippen molar-refractivity contribution in [2.75, 3.05) is 6.61 Å². The molecule has 0 radical (unpaired) electrons. The first-order chi connectivity index (χ1) is 4.27. The molecule has 1 nitrogen and oxygen atoms in total. The summed E-state index contributed by atoms with van der Waals surface area (Å²) in [5, 5.41) is 0. The molecule has 1 fully saturated rings. The average Bonchev–Trinajstić information content (AvgIpc) is 2.16. The van der Waals surface area contributed by atoms with Gasteiger partial charge in [-0.25, -0.2) is 0 Å². The van der Waals surface area contributed by atoms with Gasteiger partial charge in [0.25, 0.3) is 0 Å². The van der Waals surface area contributed by atoms with Crippen molar-refractivity contribution < 1.29 is 6.11 Å². The molecule has 0 aliphatic carbocycles. The second-order valence-corrected chi connectivity index (χ2v) is 2.24. The Kier molecular flexibility index (Phi) is 1.85. The summed E-state index contributed by atoms with van der Waals surface area (Å²) in [7, 11) is 0. The van der Waals surface area contributed by atoms with Gasteiger partial charge in [-0.05, 0) is 19.3 Å². The Balaban J connectivity index is 2.32. The highest BCUT2D eigenvalue weighted by Gasteiger charge is 2.12. The Morgan fingerprint density at radius 2 is 2.75 bits per heavy atom. The molecule has 0 N–H and O–H groups in total. The Bertz CT molecular complexity index is 86.9. The molecule has 1 aliphatic heterocycles. The van der Waals surface area contributed by atoms with Crippen molar-refractivity contribution in [3.05, 3.63) is 0 Å². The van der Waals surface area contributed by atoms with Gasteiger partial charge in [-0.3, -0.25) is 0 Å². The molecule has 1 aliphatic rings. The van der Waals surface area contributed by atoms with Gasteiger partial charge < -0.3 is 4.74 Å². The van der Waals surface area contributed by atoms with Crippen LogP contribution in [0.5, 0.6) is 0 Å². The standard InChI is InChI=1S/C7H14O/c1-2-4-7-5-3-6-8-7/h7H,2-6H2,1H3/i7D. The first-order valence-electron chi connectivity index (χ1n) is 3.91. The molecule has 0 spiro atoms. The summed E-state index contributed by atoms with van der Waals surface area (Å²) < 4.78 is 12.9. The highest BCUT2D eigenvalue weighted by atomic mass is 16.5. The maximum atomic E-state index is 7.66. The number of hydrogen-bond acceptors (Lipinski definition) is 1. The number of ether oxygens (including phenoxy) is 1. The lowest BCUT2D eigenvalue weighted by molar-refractivity contribution is 0.103. The van der Waals surface area contributed by atoms with Crippen LogP contribution in [0.2, 0.25) is 0 Å².